The van der Waals surface area contributed by atoms with E-state index in [9.17, 15) is 0 Å². The molecule has 0 heterocycles. The zero-order valence-corrected chi connectivity index (χ0v) is 10.3. The Labute approximate surface area is 96.4 Å². The Kier molecular flexibility index (Phi) is 3.08. The molecule has 0 amide bonds. The maximum absolute atomic E-state index is 5.99. The molecule has 1 aliphatic rings. The van der Waals surface area contributed by atoms with Crippen molar-refractivity contribution in [1.82, 2.24) is 0 Å². The highest BCUT2D eigenvalue weighted by molar-refractivity contribution is 8.00. The molecule has 1 aromatic rings. The average Bonchev–Trinajstić information content (AvgIpc) is 2.90. The van der Waals surface area contributed by atoms with Crippen molar-refractivity contribution in [2.45, 2.75) is 48.8 Å². The molecule has 0 aliphatic heterocycles. The molecule has 0 atom stereocenters. The Morgan fingerprint density at radius 1 is 1.27 bits per heavy atom. The standard InChI is InChI=1S/C13H19NS/c1-13(2,14)9-10-3-5-11(6-4-10)15-12-7-8-12/h3-6,12H,7-9,14H2,1-2H3. The Balaban J connectivity index is 1.96. The van der Waals surface area contributed by atoms with Crippen molar-refractivity contribution in [3.63, 3.8) is 0 Å². The normalized spacial score (nSPS) is 16.7. The van der Waals surface area contributed by atoms with Crippen LogP contribution in [0.4, 0.5) is 0 Å². The summed E-state index contributed by atoms with van der Waals surface area (Å²) >= 11 is 2.00. The lowest BCUT2D eigenvalue weighted by molar-refractivity contribution is 0.516. The van der Waals surface area contributed by atoms with E-state index in [0.29, 0.717) is 0 Å². The van der Waals surface area contributed by atoms with Crippen LogP contribution in [0.3, 0.4) is 0 Å². The van der Waals surface area contributed by atoms with E-state index in [-0.39, 0.29) is 5.54 Å². The third-order valence-corrected chi connectivity index (χ3v) is 3.76. The van der Waals surface area contributed by atoms with Crippen LogP contribution in [0.15, 0.2) is 29.2 Å². The molecule has 2 N–H and O–H groups in total. The predicted molar refractivity (Wildman–Crippen MR) is 67.3 cm³/mol. The summed E-state index contributed by atoms with van der Waals surface area (Å²) in [6, 6.07) is 8.87. The van der Waals surface area contributed by atoms with E-state index in [2.05, 4.69) is 38.1 Å². The summed E-state index contributed by atoms with van der Waals surface area (Å²) in [5, 5.41) is 0.891. The van der Waals surface area contributed by atoms with Gasteiger partial charge in [-0.15, -0.1) is 11.8 Å². The molecule has 82 valence electrons. The highest BCUT2D eigenvalue weighted by Gasteiger charge is 2.22. The van der Waals surface area contributed by atoms with Gasteiger partial charge in [-0.1, -0.05) is 12.1 Å². The van der Waals surface area contributed by atoms with Crippen LogP contribution in [0, 0.1) is 0 Å². The summed E-state index contributed by atoms with van der Waals surface area (Å²) in [7, 11) is 0. The second-order valence-electron chi connectivity index (χ2n) is 5.13. The van der Waals surface area contributed by atoms with E-state index < -0.39 is 0 Å². The molecule has 0 bridgehead atoms. The number of rotatable bonds is 4. The first kappa shape index (κ1) is 11.0. The van der Waals surface area contributed by atoms with E-state index in [1.165, 1.54) is 23.3 Å². The van der Waals surface area contributed by atoms with Crippen LogP contribution in [-0.2, 0) is 6.42 Å². The summed E-state index contributed by atoms with van der Waals surface area (Å²) in [4.78, 5) is 1.40. The van der Waals surface area contributed by atoms with Crippen molar-refractivity contribution in [3.05, 3.63) is 29.8 Å². The van der Waals surface area contributed by atoms with E-state index >= 15 is 0 Å². The van der Waals surface area contributed by atoms with Gasteiger partial charge < -0.3 is 5.73 Å². The molecule has 0 radical (unpaired) electrons. The van der Waals surface area contributed by atoms with Gasteiger partial charge in [0.15, 0.2) is 0 Å². The molecule has 1 aliphatic carbocycles. The molecule has 0 aromatic heterocycles. The molecule has 1 saturated carbocycles. The minimum Gasteiger partial charge on any atom is -0.325 e. The second-order valence-corrected chi connectivity index (χ2v) is 6.50. The van der Waals surface area contributed by atoms with Crippen LogP contribution in [0.25, 0.3) is 0 Å². The summed E-state index contributed by atoms with van der Waals surface area (Å²) in [5.74, 6) is 0. The Bertz CT molecular complexity index is 319. The molecule has 0 spiro atoms. The highest BCUT2D eigenvalue weighted by Crippen LogP contribution is 2.39. The van der Waals surface area contributed by atoms with Gasteiger partial charge in [-0.3, -0.25) is 0 Å². The van der Waals surface area contributed by atoms with E-state index in [4.69, 9.17) is 5.73 Å². The fourth-order valence-corrected chi connectivity index (χ4v) is 2.64. The number of thioether (sulfide) groups is 1. The van der Waals surface area contributed by atoms with Crippen LogP contribution < -0.4 is 5.73 Å². The van der Waals surface area contributed by atoms with E-state index in [0.717, 1.165) is 11.7 Å². The van der Waals surface area contributed by atoms with E-state index in [1.807, 2.05) is 11.8 Å². The van der Waals surface area contributed by atoms with Crippen molar-refractivity contribution in [2.24, 2.45) is 5.73 Å². The van der Waals surface area contributed by atoms with Crippen molar-refractivity contribution in [3.8, 4) is 0 Å². The first-order valence-electron chi connectivity index (χ1n) is 5.57. The minimum absolute atomic E-state index is 0.106. The largest absolute Gasteiger partial charge is 0.325 e. The summed E-state index contributed by atoms with van der Waals surface area (Å²) in [6.07, 6.45) is 3.73. The molecular weight excluding hydrogens is 202 g/mol. The van der Waals surface area contributed by atoms with Gasteiger partial charge in [-0.2, -0.15) is 0 Å². The van der Waals surface area contributed by atoms with Crippen LogP contribution in [0.1, 0.15) is 32.3 Å². The van der Waals surface area contributed by atoms with Crippen molar-refractivity contribution in [2.75, 3.05) is 0 Å². The summed E-state index contributed by atoms with van der Waals surface area (Å²) in [6.45, 7) is 4.14. The van der Waals surface area contributed by atoms with E-state index in [1.54, 1.807) is 0 Å². The molecule has 15 heavy (non-hydrogen) atoms. The van der Waals surface area contributed by atoms with Crippen molar-refractivity contribution >= 4 is 11.8 Å². The van der Waals surface area contributed by atoms with Crippen LogP contribution in [0.2, 0.25) is 0 Å². The topological polar surface area (TPSA) is 26.0 Å². The average molecular weight is 221 g/mol. The van der Waals surface area contributed by atoms with Gasteiger partial charge in [0.2, 0.25) is 0 Å². The molecule has 0 unspecified atom stereocenters. The van der Waals surface area contributed by atoms with Gasteiger partial charge in [0, 0.05) is 15.7 Å². The quantitative estimate of drug-likeness (QED) is 0.845. The molecule has 1 fully saturated rings. The zero-order valence-electron chi connectivity index (χ0n) is 9.49. The smallest absolute Gasteiger partial charge is 0.0138 e. The molecular formula is C13H19NS. The first-order valence-corrected chi connectivity index (χ1v) is 6.45. The van der Waals surface area contributed by atoms with Gasteiger partial charge in [0.25, 0.3) is 0 Å². The fraction of sp³-hybridized carbons (Fsp3) is 0.538. The van der Waals surface area contributed by atoms with Crippen LogP contribution >= 0.6 is 11.8 Å². The maximum Gasteiger partial charge on any atom is 0.0138 e. The molecule has 0 saturated heterocycles. The van der Waals surface area contributed by atoms with Crippen LogP contribution in [-0.4, -0.2) is 10.8 Å². The molecule has 1 nitrogen and oxygen atoms in total. The predicted octanol–water partition coefficient (Wildman–Crippen LogP) is 3.22. The fourth-order valence-electron chi connectivity index (χ4n) is 1.59. The van der Waals surface area contributed by atoms with Gasteiger partial charge in [0.05, 0.1) is 0 Å². The Morgan fingerprint density at radius 3 is 2.33 bits per heavy atom. The number of nitrogens with two attached hydrogens (primary N) is 1. The van der Waals surface area contributed by atoms with Crippen molar-refractivity contribution in [1.29, 1.82) is 0 Å². The number of benzene rings is 1. The SMILES string of the molecule is CC(C)(N)Cc1ccc(SC2CC2)cc1. The Hall–Kier alpha value is -0.470. The lowest BCUT2D eigenvalue weighted by atomic mass is 9.96. The van der Waals surface area contributed by atoms with Gasteiger partial charge in [-0.25, -0.2) is 0 Å². The summed E-state index contributed by atoms with van der Waals surface area (Å²) in [5.41, 5.74) is 7.22. The lowest BCUT2D eigenvalue weighted by Crippen LogP contribution is -2.34. The summed E-state index contributed by atoms with van der Waals surface area (Å²) < 4.78 is 0. The molecule has 1 aromatic carbocycles. The number of hydrogen-bond acceptors (Lipinski definition) is 2. The van der Waals surface area contributed by atoms with Crippen molar-refractivity contribution < 1.29 is 0 Å². The minimum atomic E-state index is -0.106. The van der Waals surface area contributed by atoms with Gasteiger partial charge in [-0.05, 0) is 50.8 Å². The van der Waals surface area contributed by atoms with Gasteiger partial charge in [0.1, 0.15) is 0 Å². The molecule has 2 rings (SSSR count). The monoisotopic (exact) mass is 221 g/mol. The molecule has 2 heteroatoms. The van der Waals surface area contributed by atoms with Gasteiger partial charge >= 0.3 is 0 Å². The number of hydrogen-bond donors (Lipinski definition) is 1. The van der Waals surface area contributed by atoms with Crippen LogP contribution in [0.5, 0.6) is 0 Å². The maximum atomic E-state index is 5.99. The second kappa shape index (κ2) is 4.18. The Morgan fingerprint density at radius 2 is 1.87 bits per heavy atom. The third-order valence-electron chi connectivity index (χ3n) is 2.41. The highest BCUT2D eigenvalue weighted by atomic mass is 32.2. The zero-order chi connectivity index (χ0) is 10.9. The first-order chi connectivity index (χ1) is 7.03. The third kappa shape index (κ3) is 3.88. The lowest BCUT2D eigenvalue weighted by Gasteiger charge is -2.18.